The van der Waals surface area contributed by atoms with Gasteiger partial charge < -0.3 is 5.32 Å². The molecule has 114 valence electrons. The lowest BCUT2D eigenvalue weighted by Crippen LogP contribution is -2.29. The fraction of sp³-hybridized carbons (Fsp3) is 0.600. The second-order valence-electron chi connectivity index (χ2n) is 4.95. The van der Waals surface area contributed by atoms with Crippen molar-refractivity contribution >= 4 is 21.4 Å². The summed E-state index contributed by atoms with van der Waals surface area (Å²) in [5.41, 5.74) is 0. The van der Waals surface area contributed by atoms with Gasteiger partial charge in [-0.2, -0.15) is 0 Å². The van der Waals surface area contributed by atoms with Crippen LogP contribution in [-0.2, 0) is 9.84 Å². The van der Waals surface area contributed by atoms with E-state index in [4.69, 9.17) is 11.6 Å². The summed E-state index contributed by atoms with van der Waals surface area (Å²) in [5, 5.41) is 3.74. The average molecular weight is 318 g/mol. The molecule has 0 radical (unpaired) electrons. The molecule has 3 nitrogen and oxygen atoms in total. The average Bonchev–Trinajstić information content (AvgIpc) is 2.42. The van der Waals surface area contributed by atoms with Crippen LogP contribution >= 0.6 is 11.6 Å². The maximum atomic E-state index is 12.2. The Morgan fingerprint density at radius 2 is 1.95 bits per heavy atom. The van der Waals surface area contributed by atoms with Crippen molar-refractivity contribution in [3.63, 3.8) is 0 Å². The summed E-state index contributed by atoms with van der Waals surface area (Å²) >= 11 is 5.95. The summed E-state index contributed by atoms with van der Waals surface area (Å²) in [6, 6.07) is 7.03. The Labute approximate surface area is 127 Å². The highest BCUT2D eigenvalue weighted by atomic mass is 35.5. The molecule has 0 aliphatic rings. The molecule has 1 rings (SSSR count). The monoisotopic (exact) mass is 317 g/mol. The van der Waals surface area contributed by atoms with Crippen LogP contribution in [0.2, 0.25) is 5.02 Å². The summed E-state index contributed by atoms with van der Waals surface area (Å²) < 4.78 is 24.5. The normalized spacial score (nSPS) is 13.3. The van der Waals surface area contributed by atoms with Crippen LogP contribution < -0.4 is 5.32 Å². The van der Waals surface area contributed by atoms with E-state index in [-0.39, 0.29) is 10.6 Å². The Hall–Kier alpha value is -0.580. The van der Waals surface area contributed by atoms with Crippen LogP contribution in [-0.4, -0.2) is 26.8 Å². The van der Waals surface area contributed by atoms with Crippen LogP contribution in [0.4, 0.5) is 0 Å². The zero-order valence-corrected chi connectivity index (χ0v) is 13.8. The molecular weight excluding hydrogens is 294 g/mol. The van der Waals surface area contributed by atoms with Crippen LogP contribution in [0.25, 0.3) is 0 Å². The summed E-state index contributed by atoms with van der Waals surface area (Å²) in [4.78, 5) is 0.247. The zero-order chi connectivity index (χ0) is 15.0. The first-order chi connectivity index (χ1) is 9.51. The Balaban J connectivity index is 2.54. The number of benzene rings is 1. The molecule has 0 fully saturated rings. The molecule has 0 amide bonds. The van der Waals surface area contributed by atoms with Gasteiger partial charge in [0.2, 0.25) is 0 Å². The van der Waals surface area contributed by atoms with Crippen molar-refractivity contribution in [2.75, 3.05) is 12.3 Å². The van der Waals surface area contributed by atoms with Gasteiger partial charge in [-0.3, -0.25) is 0 Å². The Bertz CT molecular complexity index is 502. The van der Waals surface area contributed by atoms with Gasteiger partial charge in [0.25, 0.3) is 0 Å². The number of hydrogen-bond acceptors (Lipinski definition) is 3. The molecule has 1 atom stereocenters. The van der Waals surface area contributed by atoms with E-state index < -0.39 is 9.84 Å². The van der Waals surface area contributed by atoms with Gasteiger partial charge in [0.05, 0.1) is 15.7 Å². The van der Waals surface area contributed by atoms with Crippen molar-refractivity contribution < 1.29 is 8.42 Å². The topological polar surface area (TPSA) is 46.2 Å². The summed E-state index contributed by atoms with van der Waals surface area (Å²) in [5.74, 6) is 0.154. The molecule has 0 aliphatic carbocycles. The van der Waals surface area contributed by atoms with Crippen molar-refractivity contribution in [1.82, 2.24) is 5.32 Å². The van der Waals surface area contributed by atoms with E-state index in [0.29, 0.717) is 17.5 Å². The number of hydrogen-bond donors (Lipinski definition) is 1. The molecule has 0 aliphatic heterocycles. The third-order valence-electron chi connectivity index (χ3n) is 3.31. The molecule has 5 heteroatoms. The summed E-state index contributed by atoms with van der Waals surface area (Å²) in [6.07, 6.45) is 3.64. The van der Waals surface area contributed by atoms with E-state index in [9.17, 15) is 8.42 Å². The fourth-order valence-corrected chi connectivity index (χ4v) is 4.03. The Morgan fingerprint density at radius 3 is 2.55 bits per heavy atom. The Morgan fingerprint density at radius 1 is 1.25 bits per heavy atom. The second kappa shape index (κ2) is 8.65. The summed E-state index contributed by atoms with van der Waals surface area (Å²) in [6.45, 7) is 5.23. The highest BCUT2D eigenvalue weighted by molar-refractivity contribution is 7.91. The third kappa shape index (κ3) is 5.43. The highest BCUT2D eigenvalue weighted by Gasteiger charge is 2.17. The molecule has 0 saturated carbocycles. The molecule has 1 N–H and O–H groups in total. The summed E-state index contributed by atoms with van der Waals surface area (Å²) in [7, 11) is -3.28. The van der Waals surface area contributed by atoms with E-state index >= 15 is 0 Å². The molecule has 0 heterocycles. The van der Waals surface area contributed by atoms with Gasteiger partial charge in [0.1, 0.15) is 0 Å². The minimum atomic E-state index is -3.28. The largest absolute Gasteiger partial charge is 0.314 e. The molecule has 1 unspecified atom stereocenters. The van der Waals surface area contributed by atoms with Gasteiger partial charge in [-0.25, -0.2) is 8.42 Å². The maximum absolute atomic E-state index is 12.2. The lowest BCUT2D eigenvalue weighted by Gasteiger charge is -2.16. The fourth-order valence-electron chi connectivity index (χ4n) is 2.13. The van der Waals surface area contributed by atoms with Crippen molar-refractivity contribution in [2.45, 2.75) is 50.5 Å². The molecule has 0 bridgehead atoms. The van der Waals surface area contributed by atoms with Gasteiger partial charge in [-0.15, -0.1) is 0 Å². The predicted octanol–water partition coefficient (Wildman–Crippen LogP) is 3.67. The van der Waals surface area contributed by atoms with Gasteiger partial charge >= 0.3 is 0 Å². The van der Waals surface area contributed by atoms with Crippen LogP contribution in [0.3, 0.4) is 0 Å². The first kappa shape index (κ1) is 17.5. The Kier molecular flexibility index (Phi) is 7.56. The smallest absolute Gasteiger partial charge is 0.179 e. The van der Waals surface area contributed by atoms with Crippen LogP contribution in [0.1, 0.15) is 39.5 Å². The molecule has 0 spiro atoms. The van der Waals surface area contributed by atoms with Crippen molar-refractivity contribution in [3.8, 4) is 0 Å². The molecule has 0 saturated heterocycles. The first-order valence-electron chi connectivity index (χ1n) is 7.22. The van der Waals surface area contributed by atoms with Gasteiger partial charge in [0, 0.05) is 6.04 Å². The second-order valence-corrected chi connectivity index (χ2v) is 7.44. The molecule has 20 heavy (non-hydrogen) atoms. The van der Waals surface area contributed by atoms with Crippen LogP contribution in [0, 0.1) is 0 Å². The van der Waals surface area contributed by atoms with E-state index in [1.165, 1.54) is 0 Å². The molecule has 1 aromatic carbocycles. The maximum Gasteiger partial charge on any atom is 0.179 e. The molecular formula is C15H24ClNO2S. The van der Waals surface area contributed by atoms with Crippen molar-refractivity contribution in [1.29, 1.82) is 0 Å². The van der Waals surface area contributed by atoms with Crippen molar-refractivity contribution in [3.05, 3.63) is 29.3 Å². The van der Waals surface area contributed by atoms with E-state index in [2.05, 4.69) is 19.2 Å². The number of halogens is 1. The number of rotatable bonds is 9. The highest BCUT2D eigenvalue weighted by Crippen LogP contribution is 2.22. The van der Waals surface area contributed by atoms with Crippen LogP contribution in [0.5, 0.6) is 0 Å². The standard InChI is InChI=1S/C15H24ClNO2S/c1-3-11-17-13(4-2)8-7-12-20(18,19)15-10-6-5-9-14(15)16/h5-6,9-10,13,17H,3-4,7-8,11-12H2,1-2H3. The van der Waals surface area contributed by atoms with E-state index in [1.807, 2.05) is 0 Å². The first-order valence-corrected chi connectivity index (χ1v) is 9.25. The SMILES string of the molecule is CCCNC(CC)CCCS(=O)(=O)c1ccccc1Cl. The lowest BCUT2D eigenvalue weighted by molar-refractivity contribution is 0.463. The predicted molar refractivity (Wildman–Crippen MR) is 85.1 cm³/mol. The number of nitrogens with one attached hydrogen (secondary N) is 1. The molecule has 0 aromatic heterocycles. The minimum absolute atomic E-state index is 0.154. The number of sulfone groups is 1. The van der Waals surface area contributed by atoms with Crippen LogP contribution in [0.15, 0.2) is 29.2 Å². The van der Waals surface area contributed by atoms with Crippen molar-refractivity contribution in [2.24, 2.45) is 0 Å². The van der Waals surface area contributed by atoms with E-state index in [1.54, 1.807) is 24.3 Å². The molecule has 1 aromatic rings. The lowest BCUT2D eigenvalue weighted by atomic mass is 10.1. The minimum Gasteiger partial charge on any atom is -0.314 e. The van der Waals surface area contributed by atoms with Gasteiger partial charge in [0.15, 0.2) is 9.84 Å². The van der Waals surface area contributed by atoms with E-state index in [0.717, 1.165) is 25.8 Å². The quantitative estimate of drug-likeness (QED) is 0.756. The van der Waals surface area contributed by atoms with Gasteiger partial charge in [-0.05, 0) is 44.4 Å². The zero-order valence-electron chi connectivity index (χ0n) is 12.2. The van der Waals surface area contributed by atoms with Gasteiger partial charge in [-0.1, -0.05) is 37.6 Å². The third-order valence-corrected chi connectivity index (χ3v) is 5.61.